The highest BCUT2D eigenvalue weighted by Gasteiger charge is 2.23. The maximum absolute atomic E-state index is 4.55. The van der Waals surface area contributed by atoms with Crippen molar-refractivity contribution in [3.8, 4) is 0 Å². The fraction of sp³-hybridized carbons (Fsp3) is 0.727. The molecule has 1 aromatic heterocycles. The summed E-state index contributed by atoms with van der Waals surface area (Å²) in [7, 11) is 6.36. The zero-order valence-corrected chi connectivity index (χ0v) is 11.0. The van der Waals surface area contributed by atoms with Crippen molar-refractivity contribution in [2.75, 3.05) is 40.8 Å². The minimum Gasteiger partial charge on any atom is -0.313 e. The van der Waals surface area contributed by atoms with E-state index in [1.54, 1.807) is 0 Å². The third-order valence-corrected chi connectivity index (χ3v) is 3.92. The molecule has 4 nitrogen and oxygen atoms in total. The lowest BCUT2D eigenvalue weighted by Gasteiger charge is -2.31. The van der Waals surface area contributed by atoms with E-state index in [4.69, 9.17) is 0 Å². The maximum Gasteiger partial charge on any atom is 0.111 e. The van der Waals surface area contributed by atoms with Gasteiger partial charge in [0.15, 0.2) is 0 Å². The van der Waals surface area contributed by atoms with Crippen LogP contribution < -0.4 is 5.32 Å². The zero-order chi connectivity index (χ0) is 11.5. The third-order valence-electron chi connectivity index (χ3n) is 2.84. The molecule has 1 unspecified atom stereocenters. The van der Waals surface area contributed by atoms with E-state index in [1.165, 1.54) is 9.88 Å². The molecule has 1 saturated heterocycles. The van der Waals surface area contributed by atoms with E-state index in [0.717, 1.165) is 26.2 Å². The summed E-state index contributed by atoms with van der Waals surface area (Å²) < 4.78 is 0. The SMILES string of the molecule is CN(C)Cc1cnc(C2CNCCN2C)s1. The van der Waals surface area contributed by atoms with Gasteiger partial charge >= 0.3 is 0 Å². The number of nitrogens with zero attached hydrogens (tertiary/aromatic N) is 3. The molecule has 5 heteroatoms. The Bertz CT molecular complexity index is 336. The van der Waals surface area contributed by atoms with Crippen molar-refractivity contribution in [1.29, 1.82) is 0 Å². The second-order valence-electron chi connectivity index (χ2n) is 4.60. The molecule has 1 fully saturated rings. The zero-order valence-electron chi connectivity index (χ0n) is 10.2. The van der Waals surface area contributed by atoms with Gasteiger partial charge in [0.25, 0.3) is 0 Å². The van der Waals surface area contributed by atoms with Crippen molar-refractivity contribution in [2.24, 2.45) is 0 Å². The van der Waals surface area contributed by atoms with Gasteiger partial charge in [0, 0.05) is 37.3 Å². The van der Waals surface area contributed by atoms with E-state index in [2.05, 4.69) is 41.2 Å². The first kappa shape index (κ1) is 12.0. The summed E-state index contributed by atoms with van der Waals surface area (Å²) in [5, 5.41) is 4.67. The monoisotopic (exact) mass is 240 g/mol. The first-order chi connectivity index (χ1) is 7.66. The summed E-state index contributed by atoms with van der Waals surface area (Å²) >= 11 is 1.84. The number of hydrogen-bond acceptors (Lipinski definition) is 5. The molecule has 90 valence electrons. The summed E-state index contributed by atoms with van der Waals surface area (Å²) in [4.78, 5) is 10.5. The van der Waals surface area contributed by atoms with Gasteiger partial charge < -0.3 is 10.2 Å². The van der Waals surface area contributed by atoms with E-state index >= 15 is 0 Å². The Morgan fingerprint density at radius 3 is 3.12 bits per heavy atom. The molecule has 1 aliphatic rings. The van der Waals surface area contributed by atoms with Crippen LogP contribution >= 0.6 is 11.3 Å². The Morgan fingerprint density at radius 2 is 2.44 bits per heavy atom. The Hall–Kier alpha value is -0.490. The van der Waals surface area contributed by atoms with Gasteiger partial charge in [-0.3, -0.25) is 4.90 Å². The van der Waals surface area contributed by atoms with Crippen LogP contribution in [0, 0.1) is 0 Å². The number of likely N-dealkylation sites (N-methyl/N-ethyl adjacent to an activating group) is 1. The molecule has 1 N–H and O–H groups in total. The van der Waals surface area contributed by atoms with Gasteiger partial charge in [-0.1, -0.05) is 0 Å². The van der Waals surface area contributed by atoms with Crippen LogP contribution in [0.15, 0.2) is 6.20 Å². The van der Waals surface area contributed by atoms with Gasteiger partial charge in [0.05, 0.1) is 6.04 Å². The molecule has 0 saturated carbocycles. The van der Waals surface area contributed by atoms with Crippen molar-refractivity contribution >= 4 is 11.3 Å². The maximum atomic E-state index is 4.55. The molecule has 16 heavy (non-hydrogen) atoms. The number of nitrogens with one attached hydrogen (secondary N) is 1. The van der Waals surface area contributed by atoms with Gasteiger partial charge in [-0.25, -0.2) is 4.98 Å². The largest absolute Gasteiger partial charge is 0.313 e. The van der Waals surface area contributed by atoms with Crippen LogP contribution in [0.25, 0.3) is 0 Å². The fourth-order valence-electron chi connectivity index (χ4n) is 1.94. The molecule has 0 aromatic carbocycles. The van der Waals surface area contributed by atoms with Crippen molar-refractivity contribution in [1.82, 2.24) is 20.1 Å². The molecule has 1 atom stereocenters. The molecule has 0 amide bonds. The van der Waals surface area contributed by atoms with E-state index in [9.17, 15) is 0 Å². The van der Waals surface area contributed by atoms with Crippen LogP contribution in [0.4, 0.5) is 0 Å². The van der Waals surface area contributed by atoms with Crippen LogP contribution in [0.3, 0.4) is 0 Å². The van der Waals surface area contributed by atoms with Gasteiger partial charge in [-0.2, -0.15) is 0 Å². The molecule has 0 aliphatic carbocycles. The summed E-state index contributed by atoms with van der Waals surface area (Å²) in [5.41, 5.74) is 0. The van der Waals surface area contributed by atoms with Crippen LogP contribution in [0.1, 0.15) is 15.9 Å². The lowest BCUT2D eigenvalue weighted by atomic mass is 10.2. The van der Waals surface area contributed by atoms with Crippen molar-refractivity contribution in [2.45, 2.75) is 12.6 Å². The normalized spacial score (nSPS) is 22.9. The Kier molecular flexibility index (Phi) is 3.91. The highest BCUT2D eigenvalue weighted by molar-refractivity contribution is 7.11. The summed E-state index contributed by atoms with van der Waals surface area (Å²) in [5.74, 6) is 0. The summed E-state index contributed by atoms with van der Waals surface area (Å²) in [6, 6.07) is 0.453. The second-order valence-corrected chi connectivity index (χ2v) is 5.75. The van der Waals surface area contributed by atoms with Crippen LogP contribution in [0.5, 0.6) is 0 Å². The van der Waals surface area contributed by atoms with E-state index < -0.39 is 0 Å². The van der Waals surface area contributed by atoms with Gasteiger partial charge in [0.1, 0.15) is 5.01 Å². The summed E-state index contributed by atoms with van der Waals surface area (Å²) in [6.07, 6.45) is 2.02. The first-order valence-electron chi connectivity index (χ1n) is 5.67. The van der Waals surface area contributed by atoms with Crippen LogP contribution in [-0.4, -0.2) is 55.6 Å². The smallest absolute Gasteiger partial charge is 0.111 e. The molecule has 0 bridgehead atoms. The predicted octanol–water partition coefficient (Wildman–Crippen LogP) is 0.781. The molecule has 2 rings (SSSR count). The van der Waals surface area contributed by atoms with Gasteiger partial charge in [0.2, 0.25) is 0 Å². The molecule has 0 radical (unpaired) electrons. The lowest BCUT2D eigenvalue weighted by Crippen LogP contribution is -2.43. The van der Waals surface area contributed by atoms with Crippen LogP contribution in [0.2, 0.25) is 0 Å². The molecule has 0 spiro atoms. The number of thiazole rings is 1. The lowest BCUT2D eigenvalue weighted by molar-refractivity contribution is 0.202. The highest BCUT2D eigenvalue weighted by atomic mass is 32.1. The standard InChI is InChI=1S/C11H20N4S/c1-14(2)8-9-6-13-11(16-9)10-7-12-4-5-15(10)3/h6,10,12H,4-5,7-8H2,1-3H3. The van der Waals surface area contributed by atoms with Crippen molar-refractivity contribution < 1.29 is 0 Å². The van der Waals surface area contributed by atoms with Crippen molar-refractivity contribution in [3.63, 3.8) is 0 Å². The molecule has 2 heterocycles. The Labute approximate surface area is 101 Å². The van der Waals surface area contributed by atoms with Gasteiger partial charge in [-0.15, -0.1) is 11.3 Å². The van der Waals surface area contributed by atoms with E-state index in [-0.39, 0.29) is 0 Å². The average molecular weight is 240 g/mol. The fourth-order valence-corrected chi connectivity index (χ4v) is 3.14. The van der Waals surface area contributed by atoms with E-state index in [0.29, 0.717) is 6.04 Å². The number of rotatable bonds is 3. The highest BCUT2D eigenvalue weighted by Crippen LogP contribution is 2.25. The first-order valence-corrected chi connectivity index (χ1v) is 6.49. The average Bonchev–Trinajstić information content (AvgIpc) is 2.66. The van der Waals surface area contributed by atoms with Gasteiger partial charge in [-0.05, 0) is 21.1 Å². The topological polar surface area (TPSA) is 31.4 Å². The number of aromatic nitrogens is 1. The quantitative estimate of drug-likeness (QED) is 0.846. The Balaban J connectivity index is 2.05. The van der Waals surface area contributed by atoms with Crippen LogP contribution in [-0.2, 0) is 6.54 Å². The molecule has 1 aromatic rings. The molecular weight excluding hydrogens is 220 g/mol. The summed E-state index contributed by atoms with van der Waals surface area (Å²) in [6.45, 7) is 4.20. The molecular formula is C11H20N4S. The minimum absolute atomic E-state index is 0.453. The predicted molar refractivity (Wildman–Crippen MR) is 67.7 cm³/mol. The second kappa shape index (κ2) is 5.23. The Morgan fingerprint density at radius 1 is 1.62 bits per heavy atom. The van der Waals surface area contributed by atoms with E-state index in [1.807, 2.05) is 17.5 Å². The number of piperazine rings is 1. The number of hydrogen-bond donors (Lipinski definition) is 1. The minimum atomic E-state index is 0.453. The third kappa shape index (κ3) is 2.79. The van der Waals surface area contributed by atoms with Crippen molar-refractivity contribution in [3.05, 3.63) is 16.1 Å². The molecule has 1 aliphatic heterocycles.